The average Bonchev–Trinajstić information content (AvgIpc) is 3.43. The lowest BCUT2D eigenvalue weighted by atomic mass is 10.2. The van der Waals surface area contributed by atoms with E-state index >= 15 is 0 Å². The van der Waals surface area contributed by atoms with E-state index in [9.17, 15) is 4.79 Å². The van der Waals surface area contributed by atoms with Crippen LogP contribution >= 0.6 is 11.6 Å². The summed E-state index contributed by atoms with van der Waals surface area (Å²) in [5.74, 6) is 1.51. The van der Waals surface area contributed by atoms with Gasteiger partial charge in [-0.15, -0.1) is 0 Å². The molecule has 0 saturated carbocycles. The van der Waals surface area contributed by atoms with Crippen molar-refractivity contribution in [3.63, 3.8) is 0 Å². The number of pyridine rings is 1. The van der Waals surface area contributed by atoms with E-state index in [1.807, 2.05) is 32.0 Å². The highest BCUT2D eigenvalue weighted by Gasteiger charge is 2.14. The molecule has 0 fully saturated rings. The zero-order chi connectivity index (χ0) is 21.1. The molecule has 0 bridgehead atoms. The average molecular weight is 423 g/mol. The van der Waals surface area contributed by atoms with Crippen LogP contribution in [0.4, 0.5) is 0 Å². The number of imidazole rings is 1. The van der Waals surface area contributed by atoms with Crippen LogP contribution in [0.2, 0.25) is 5.02 Å². The molecule has 9 heteroatoms. The predicted molar refractivity (Wildman–Crippen MR) is 111 cm³/mol. The molecule has 0 aliphatic heterocycles. The summed E-state index contributed by atoms with van der Waals surface area (Å²) >= 11 is 6.13. The third kappa shape index (κ3) is 4.23. The fourth-order valence-corrected chi connectivity index (χ4v) is 2.95. The van der Waals surface area contributed by atoms with Crippen LogP contribution < -0.4 is 5.32 Å². The normalized spacial score (nSPS) is 11.1. The Morgan fingerprint density at radius 1 is 1.23 bits per heavy atom. The number of benzene rings is 1. The number of carbonyl (C=O) groups excluding carboxylic acids is 1. The fraction of sp³-hybridized carbons (Fsp3) is 0.190. The van der Waals surface area contributed by atoms with Crippen molar-refractivity contribution in [2.24, 2.45) is 0 Å². The molecule has 1 N–H and O–H groups in total. The Balaban J connectivity index is 1.49. The number of amides is 1. The lowest BCUT2D eigenvalue weighted by Crippen LogP contribution is -2.23. The monoisotopic (exact) mass is 422 g/mol. The van der Waals surface area contributed by atoms with Crippen LogP contribution in [-0.2, 0) is 6.54 Å². The van der Waals surface area contributed by atoms with E-state index in [1.165, 1.54) is 6.33 Å². The molecule has 0 saturated heterocycles. The SMILES string of the molecule is CC(C)c1noc(-c2ccnc(-n3cnc(C(=O)NCc4ccccc4Cl)c3)c2)n1. The molecule has 0 aliphatic carbocycles. The first-order valence-corrected chi connectivity index (χ1v) is 9.75. The van der Waals surface area contributed by atoms with Crippen LogP contribution in [-0.4, -0.2) is 30.6 Å². The van der Waals surface area contributed by atoms with E-state index in [-0.39, 0.29) is 17.5 Å². The predicted octanol–water partition coefficient (Wildman–Crippen LogP) is 4.02. The second-order valence-electron chi connectivity index (χ2n) is 6.96. The maximum Gasteiger partial charge on any atom is 0.271 e. The second kappa shape index (κ2) is 8.46. The van der Waals surface area contributed by atoms with Gasteiger partial charge in [0.15, 0.2) is 5.82 Å². The number of nitrogens with one attached hydrogen (secondary N) is 1. The van der Waals surface area contributed by atoms with Crippen LogP contribution in [0.1, 0.15) is 41.6 Å². The van der Waals surface area contributed by atoms with Crippen molar-refractivity contribution in [2.45, 2.75) is 26.3 Å². The molecule has 0 aliphatic rings. The summed E-state index contributed by atoms with van der Waals surface area (Å²) in [6.07, 6.45) is 4.78. The van der Waals surface area contributed by atoms with Crippen LogP contribution in [0.15, 0.2) is 59.6 Å². The summed E-state index contributed by atoms with van der Waals surface area (Å²) in [5.41, 5.74) is 1.84. The van der Waals surface area contributed by atoms with Crippen LogP contribution in [0.25, 0.3) is 17.3 Å². The summed E-state index contributed by atoms with van der Waals surface area (Å²) in [5, 5.41) is 7.41. The van der Waals surface area contributed by atoms with E-state index in [0.29, 0.717) is 29.1 Å². The Morgan fingerprint density at radius 2 is 2.07 bits per heavy atom. The van der Waals surface area contributed by atoms with Gasteiger partial charge in [-0.1, -0.05) is 48.8 Å². The van der Waals surface area contributed by atoms with Gasteiger partial charge < -0.3 is 9.84 Å². The van der Waals surface area contributed by atoms with Gasteiger partial charge in [-0.2, -0.15) is 4.98 Å². The molecule has 3 aromatic heterocycles. The van der Waals surface area contributed by atoms with E-state index in [0.717, 1.165) is 11.1 Å². The highest BCUT2D eigenvalue weighted by molar-refractivity contribution is 6.31. The van der Waals surface area contributed by atoms with Crippen molar-refractivity contribution in [3.05, 3.63) is 77.2 Å². The zero-order valence-corrected chi connectivity index (χ0v) is 17.2. The molecule has 1 amide bonds. The molecular weight excluding hydrogens is 404 g/mol. The van der Waals surface area contributed by atoms with Crippen molar-refractivity contribution in [1.29, 1.82) is 0 Å². The maximum atomic E-state index is 12.4. The van der Waals surface area contributed by atoms with Crippen molar-refractivity contribution in [3.8, 4) is 17.3 Å². The van der Waals surface area contributed by atoms with E-state index in [4.69, 9.17) is 16.1 Å². The van der Waals surface area contributed by atoms with Gasteiger partial charge in [-0.05, 0) is 23.8 Å². The van der Waals surface area contributed by atoms with Gasteiger partial charge in [0.25, 0.3) is 11.8 Å². The molecule has 4 aromatic rings. The molecule has 30 heavy (non-hydrogen) atoms. The molecule has 1 aromatic carbocycles. The first-order chi connectivity index (χ1) is 14.5. The van der Waals surface area contributed by atoms with Crippen LogP contribution in [0.3, 0.4) is 0 Å². The van der Waals surface area contributed by atoms with Crippen molar-refractivity contribution < 1.29 is 9.32 Å². The molecular formula is C21H19ClN6O2. The Bertz CT molecular complexity index is 1180. The van der Waals surface area contributed by atoms with Gasteiger partial charge in [-0.3, -0.25) is 9.36 Å². The number of hydrogen-bond donors (Lipinski definition) is 1. The summed E-state index contributed by atoms with van der Waals surface area (Å²) < 4.78 is 7.00. The third-order valence-electron chi connectivity index (χ3n) is 4.43. The van der Waals surface area contributed by atoms with Crippen LogP contribution in [0.5, 0.6) is 0 Å². The van der Waals surface area contributed by atoms with Gasteiger partial charge in [0, 0.05) is 35.4 Å². The Morgan fingerprint density at radius 3 is 2.83 bits per heavy atom. The number of rotatable bonds is 6. The lowest BCUT2D eigenvalue weighted by molar-refractivity contribution is 0.0946. The van der Waals surface area contributed by atoms with E-state index in [1.54, 1.807) is 35.2 Å². The van der Waals surface area contributed by atoms with Gasteiger partial charge in [-0.25, -0.2) is 9.97 Å². The molecule has 0 unspecified atom stereocenters. The quantitative estimate of drug-likeness (QED) is 0.503. The van der Waals surface area contributed by atoms with Crippen LogP contribution in [0, 0.1) is 0 Å². The standard InChI is InChI=1S/C21H19ClN6O2/c1-13(2)19-26-21(30-27-19)14-7-8-23-18(9-14)28-11-17(25-12-28)20(29)24-10-15-5-3-4-6-16(15)22/h3-9,11-13H,10H2,1-2H3,(H,24,29). The number of nitrogens with zero attached hydrogens (tertiary/aromatic N) is 5. The molecule has 0 spiro atoms. The zero-order valence-electron chi connectivity index (χ0n) is 16.4. The summed E-state index contributed by atoms with van der Waals surface area (Å²) in [7, 11) is 0. The Kier molecular flexibility index (Phi) is 5.58. The maximum absolute atomic E-state index is 12.4. The third-order valence-corrected chi connectivity index (χ3v) is 4.80. The van der Waals surface area contributed by atoms with Crippen molar-refractivity contribution in [2.75, 3.05) is 0 Å². The highest BCUT2D eigenvalue weighted by atomic mass is 35.5. The Hall–Kier alpha value is -3.52. The smallest absolute Gasteiger partial charge is 0.271 e. The van der Waals surface area contributed by atoms with Crippen molar-refractivity contribution >= 4 is 17.5 Å². The van der Waals surface area contributed by atoms with E-state index in [2.05, 4.69) is 25.4 Å². The van der Waals surface area contributed by atoms with Gasteiger partial charge in [0.05, 0.1) is 0 Å². The minimum absolute atomic E-state index is 0.171. The summed E-state index contributed by atoms with van der Waals surface area (Å²) in [6.45, 7) is 4.31. The number of halogens is 1. The first kappa shape index (κ1) is 19.8. The largest absolute Gasteiger partial charge is 0.347 e. The van der Waals surface area contributed by atoms with Gasteiger partial charge in [0.2, 0.25) is 0 Å². The summed E-state index contributed by atoms with van der Waals surface area (Å²) in [6, 6.07) is 10.9. The molecule has 3 heterocycles. The minimum Gasteiger partial charge on any atom is -0.347 e. The fourth-order valence-electron chi connectivity index (χ4n) is 2.75. The number of carbonyl (C=O) groups is 1. The highest BCUT2D eigenvalue weighted by Crippen LogP contribution is 2.21. The number of hydrogen-bond acceptors (Lipinski definition) is 6. The molecule has 0 atom stereocenters. The lowest BCUT2D eigenvalue weighted by Gasteiger charge is -2.05. The molecule has 0 radical (unpaired) electrons. The molecule has 152 valence electrons. The first-order valence-electron chi connectivity index (χ1n) is 9.37. The molecule has 8 nitrogen and oxygen atoms in total. The van der Waals surface area contributed by atoms with Gasteiger partial charge >= 0.3 is 0 Å². The second-order valence-corrected chi connectivity index (χ2v) is 7.36. The molecule has 4 rings (SSSR count). The summed E-state index contributed by atoms with van der Waals surface area (Å²) in [4.78, 5) is 25.4. The number of aromatic nitrogens is 5. The Labute approximate surface area is 177 Å². The minimum atomic E-state index is -0.302. The van der Waals surface area contributed by atoms with E-state index < -0.39 is 0 Å². The topological polar surface area (TPSA) is 98.7 Å². The van der Waals surface area contributed by atoms with Gasteiger partial charge in [0.1, 0.15) is 17.8 Å². The van der Waals surface area contributed by atoms with Crippen molar-refractivity contribution in [1.82, 2.24) is 30.0 Å².